The van der Waals surface area contributed by atoms with Gasteiger partial charge in [-0.05, 0) is 42.8 Å². The van der Waals surface area contributed by atoms with Crippen LogP contribution in [0.2, 0.25) is 0 Å². The van der Waals surface area contributed by atoms with Crippen LogP contribution in [0.15, 0.2) is 91.0 Å². The molecule has 3 aromatic carbocycles. The Morgan fingerprint density at radius 1 is 0.667 bits per heavy atom. The van der Waals surface area contributed by atoms with E-state index >= 15 is 0 Å². The van der Waals surface area contributed by atoms with Crippen LogP contribution in [0.5, 0.6) is 0 Å². The number of hydrogen-bond acceptors (Lipinski definition) is 0. The first-order valence-electron chi connectivity index (χ1n) is 8.42. The van der Waals surface area contributed by atoms with E-state index in [1.165, 1.54) is 22.1 Å². The molecule has 0 unspecified atom stereocenters. The van der Waals surface area contributed by atoms with Crippen LogP contribution in [0.25, 0.3) is 0 Å². The zero-order chi connectivity index (χ0) is 16.8. The van der Waals surface area contributed by atoms with Crippen LogP contribution in [-0.4, -0.2) is 11.0 Å². The fourth-order valence-electron chi connectivity index (χ4n) is 3.25. The van der Waals surface area contributed by atoms with Crippen molar-refractivity contribution in [3.8, 4) is 0 Å². The monoisotopic (exact) mass is 397 g/mol. The fraction of sp³-hybridized carbons (Fsp3) is 0.182. The Balaban J connectivity index is 2.24. The molecule has 122 valence electrons. The van der Waals surface area contributed by atoms with Gasteiger partial charge in [-0.25, -0.2) is 0 Å². The highest BCUT2D eigenvalue weighted by Gasteiger charge is 2.44. The van der Waals surface area contributed by atoms with E-state index in [0.29, 0.717) is 4.83 Å². The summed E-state index contributed by atoms with van der Waals surface area (Å²) in [6.07, 6.45) is 2.34. The molecule has 0 fully saturated rings. The van der Waals surface area contributed by atoms with E-state index in [4.69, 9.17) is 0 Å². The van der Waals surface area contributed by atoms with E-state index in [1.807, 2.05) is 0 Å². The smallest absolute Gasteiger partial charge is 0.0892 e. The third-order valence-corrected chi connectivity index (χ3v) is 9.38. The van der Waals surface area contributed by atoms with Gasteiger partial charge in [0.1, 0.15) is 23.2 Å². The zero-order valence-electron chi connectivity index (χ0n) is 14.0. The number of hydrogen-bond donors (Lipinski definition) is 0. The Hall–Kier alpha value is -1.43. The van der Waals surface area contributed by atoms with Crippen molar-refractivity contribution in [1.29, 1.82) is 0 Å². The van der Waals surface area contributed by atoms with E-state index in [1.54, 1.807) is 0 Å². The summed E-state index contributed by atoms with van der Waals surface area (Å²) in [6, 6.07) is 33.3. The molecule has 0 aliphatic rings. The molecule has 0 saturated carbocycles. The van der Waals surface area contributed by atoms with Gasteiger partial charge in [0.2, 0.25) is 0 Å². The number of benzene rings is 3. The van der Waals surface area contributed by atoms with Gasteiger partial charge in [-0.2, -0.15) is 0 Å². The second-order valence-corrected chi connectivity index (χ2v) is 11.3. The molecule has 0 aliphatic carbocycles. The number of rotatable bonds is 6. The van der Waals surface area contributed by atoms with Crippen LogP contribution in [0.1, 0.15) is 13.3 Å². The summed E-state index contributed by atoms with van der Waals surface area (Å²) in [5, 5.41) is 4.40. The van der Waals surface area contributed by atoms with Crippen LogP contribution in [0, 0.1) is 0 Å². The normalized spacial score (nSPS) is 12.8. The van der Waals surface area contributed by atoms with Gasteiger partial charge in [-0.15, -0.1) is 0 Å². The zero-order valence-corrected chi connectivity index (χ0v) is 16.5. The minimum Gasteiger partial charge on any atom is -0.0892 e. The van der Waals surface area contributed by atoms with Crippen LogP contribution in [-0.2, 0) is 0 Å². The lowest BCUT2D eigenvalue weighted by Gasteiger charge is -2.28. The first-order chi connectivity index (χ1) is 11.7. The Bertz CT molecular complexity index is 642. The largest absolute Gasteiger partial charge is 0.112 e. The highest BCUT2D eigenvalue weighted by atomic mass is 79.9. The third kappa shape index (κ3) is 3.63. The maximum atomic E-state index is 3.76. The first kappa shape index (κ1) is 17.4. The summed E-state index contributed by atoms with van der Waals surface area (Å²) in [7, 11) is -1.64. The van der Waals surface area contributed by atoms with Crippen molar-refractivity contribution in [1.82, 2.24) is 0 Å². The van der Waals surface area contributed by atoms with E-state index in [9.17, 15) is 0 Å². The van der Waals surface area contributed by atoms with Gasteiger partial charge in [0.05, 0.1) is 6.16 Å². The average Bonchev–Trinajstić information content (AvgIpc) is 2.65. The SMILES string of the molecule is C[C@@H](Br)CC[P+](c1ccccc1)(c1ccccc1)c1ccccc1. The Labute approximate surface area is 154 Å². The molecule has 1 atom stereocenters. The maximum absolute atomic E-state index is 3.76. The maximum Gasteiger partial charge on any atom is 0.112 e. The van der Waals surface area contributed by atoms with E-state index < -0.39 is 7.26 Å². The molecule has 0 spiro atoms. The van der Waals surface area contributed by atoms with Crippen LogP contribution >= 0.6 is 23.2 Å². The number of alkyl halides is 1. The summed E-state index contributed by atoms with van der Waals surface area (Å²) < 4.78 is 0. The summed E-state index contributed by atoms with van der Waals surface area (Å²) in [4.78, 5) is 0.521. The van der Waals surface area contributed by atoms with Gasteiger partial charge in [0.15, 0.2) is 0 Å². The minimum absolute atomic E-state index is 0.521. The van der Waals surface area contributed by atoms with Crippen molar-refractivity contribution < 1.29 is 0 Å². The van der Waals surface area contributed by atoms with E-state index in [0.717, 1.165) is 6.42 Å². The molecule has 0 N–H and O–H groups in total. The van der Waals surface area contributed by atoms with Crippen molar-refractivity contribution in [2.45, 2.75) is 18.2 Å². The molecular weight excluding hydrogens is 375 g/mol. The molecule has 0 bridgehead atoms. The van der Waals surface area contributed by atoms with Crippen LogP contribution in [0.3, 0.4) is 0 Å². The van der Waals surface area contributed by atoms with E-state index in [-0.39, 0.29) is 0 Å². The van der Waals surface area contributed by atoms with Gasteiger partial charge >= 0.3 is 0 Å². The topological polar surface area (TPSA) is 0 Å². The third-order valence-electron chi connectivity index (χ3n) is 4.45. The second kappa shape index (κ2) is 8.10. The first-order valence-corrected chi connectivity index (χ1v) is 11.3. The summed E-state index contributed by atoms with van der Waals surface area (Å²) >= 11 is 3.76. The minimum atomic E-state index is -1.64. The van der Waals surface area contributed by atoms with Crippen molar-refractivity contribution in [3.05, 3.63) is 91.0 Å². The summed E-state index contributed by atoms with van der Waals surface area (Å²) in [6.45, 7) is 2.25. The number of halogens is 1. The quantitative estimate of drug-likeness (QED) is 0.398. The molecule has 0 nitrogen and oxygen atoms in total. The van der Waals surface area contributed by atoms with Crippen LogP contribution in [0.4, 0.5) is 0 Å². The van der Waals surface area contributed by atoms with Gasteiger partial charge in [-0.3, -0.25) is 0 Å². The van der Waals surface area contributed by atoms with Gasteiger partial charge in [-0.1, -0.05) is 77.5 Å². The standard InChI is InChI=1S/C22H23BrP/c1-19(23)17-18-24(20-11-5-2-6-12-20,21-13-7-3-8-14-21)22-15-9-4-10-16-22/h2-16,19H,17-18H2,1H3/q+1/t19-/m1/s1. The Morgan fingerprint density at radius 2 is 1.00 bits per heavy atom. The molecule has 3 aromatic rings. The van der Waals surface area contributed by atoms with Crippen LogP contribution < -0.4 is 15.9 Å². The van der Waals surface area contributed by atoms with Crippen molar-refractivity contribution in [2.24, 2.45) is 0 Å². The molecule has 3 rings (SSSR count). The lowest BCUT2D eigenvalue weighted by Crippen LogP contribution is -2.33. The fourth-order valence-corrected chi connectivity index (χ4v) is 8.32. The highest BCUT2D eigenvalue weighted by molar-refractivity contribution is 9.09. The van der Waals surface area contributed by atoms with Crippen molar-refractivity contribution in [3.63, 3.8) is 0 Å². The average molecular weight is 398 g/mol. The summed E-state index contributed by atoms with van der Waals surface area (Å²) in [5.41, 5.74) is 0. The lowest BCUT2D eigenvalue weighted by molar-refractivity contribution is 0.928. The van der Waals surface area contributed by atoms with E-state index in [2.05, 4.69) is 114 Å². The Morgan fingerprint density at radius 3 is 1.29 bits per heavy atom. The molecule has 2 heteroatoms. The molecule has 0 aromatic heterocycles. The lowest BCUT2D eigenvalue weighted by atomic mass is 10.3. The summed E-state index contributed by atoms with van der Waals surface area (Å²) in [5.74, 6) is 0. The molecule has 24 heavy (non-hydrogen) atoms. The van der Waals surface area contributed by atoms with Crippen molar-refractivity contribution in [2.75, 3.05) is 6.16 Å². The van der Waals surface area contributed by atoms with Gasteiger partial charge < -0.3 is 0 Å². The molecule has 0 radical (unpaired) electrons. The second-order valence-electron chi connectivity index (χ2n) is 6.11. The predicted octanol–water partition coefficient (Wildman–Crippen LogP) is 5.15. The predicted molar refractivity (Wildman–Crippen MR) is 113 cm³/mol. The highest BCUT2D eigenvalue weighted by Crippen LogP contribution is 2.56. The van der Waals surface area contributed by atoms with Gasteiger partial charge in [0, 0.05) is 4.83 Å². The van der Waals surface area contributed by atoms with Crippen molar-refractivity contribution >= 4 is 39.1 Å². The molecule has 0 aliphatic heterocycles. The Kier molecular flexibility index (Phi) is 5.87. The molecular formula is C22H23BrP+. The molecule has 0 amide bonds. The molecule has 0 heterocycles. The molecule has 0 saturated heterocycles. The van der Waals surface area contributed by atoms with Gasteiger partial charge in [0.25, 0.3) is 0 Å².